The van der Waals surface area contributed by atoms with Crippen LogP contribution in [-0.4, -0.2) is 49.6 Å². The number of nitrogens with one attached hydrogen (secondary N) is 2. The molecule has 2 fully saturated rings. The number of rotatable bonds is 3. The average Bonchev–Trinajstić information content (AvgIpc) is 3.13. The van der Waals surface area contributed by atoms with E-state index in [1.807, 2.05) is 19.1 Å². The first kappa shape index (κ1) is 21.1. The number of hydrogen-bond donors (Lipinski definition) is 2. The smallest absolute Gasteiger partial charge is 0.322 e. The molecule has 0 saturated carbocycles. The molecule has 2 aliphatic rings. The van der Waals surface area contributed by atoms with Gasteiger partial charge in [-0.05, 0) is 42.3 Å². The van der Waals surface area contributed by atoms with Crippen LogP contribution in [-0.2, 0) is 0 Å². The third-order valence-corrected chi connectivity index (χ3v) is 5.42. The number of benzene rings is 2. The number of carbonyl (C=O) groups is 2. The topological polar surface area (TPSA) is 64.7 Å². The monoisotopic (exact) mass is 418 g/mol. The Morgan fingerprint density at radius 1 is 1.14 bits per heavy atom. The third kappa shape index (κ3) is 4.06. The lowest BCUT2D eigenvalue weighted by atomic mass is 9.99. The maximum Gasteiger partial charge on any atom is 0.322 e. The lowest BCUT2D eigenvalue weighted by molar-refractivity contribution is 0.0633. The molecule has 8 heteroatoms. The molecule has 4 rings (SSSR count). The average molecular weight is 419 g/mol. The minimum absolute atomic E-state index is 0. The summed E-state index contributed by atoms with van der Waals surface area (Å²) in [5.41, 5.74) is 2.87. The van der Waals surface area contributed by atoms with E-state index in [4.69, 9.17) is 0 Å². The van der Waals surface area contributed by atoms with Crippen molar-refractivity contribution in [3.63, 3.8) is 0 Å². The minimum atomic E-state index is -0.311. The molecule has 2 aromatic rings. The van der Waals surface area contributed by atoms with Crippen molar-refractivity contribution >= 4 is 30.0 Å². The minimum Gasteiger partial charge on any atom is -0.336 e. The molecule has 0 aromatic heterocycles. The van der Waals surface area contributed by atoms with E-state index in [0.29, 0.717) is 38.3 Å². The highest BCUT2D eigenvalue weighted by atomic mass is 35.5. The van der Waals surface area contributed by atoms with Crippen molar-refractivity contribution in [1.82, 2.24) is 15.5 Å². The number of carbonyl (C=O) groups excluding carboxylic acids is 2. The van der Waals surface area contributed by atoms with Crippen molar-refractivity contribution in [2.75, 3.05) is 37.6 Å². The molecular weight excluding hydrogens is 395 g/mol. The van der Waals surface area contributed by atoms with Crippen molar-refractivity contribution in [3.05, 3.63) is 65.0 Å². The maximum atomic E-state index is 13.7. The van der Waals surface area contributed by atoms with Crippen LogP contribution in [0.4, 0.5) is 14.9 Å². The van der Waals surface area contributed by atoms with Crippen molar-refractivity contribution < 1.29 is 14.0 Å². The zero-order valence-corrected chi connectivity index (χ0v) is 17.0. The number of halogens is 2. The molecule has 0 spiro atoms. The zero-order valence-electron chi connectivity index (χ0n) is 16.2. The van der Waals surface area contributed by atoms with Crippen LogP contribution >= 0.6 is 12.4 Å². The summed E-state index contributed by atoms with van der Waals surface area (Å²) in [6, 6.07) is 11.5. The van der Waals surface area contributed by atoms with Crippen LogP contribution in [0.1, 0.15) is 27.5 Å². The fraction of sp³-hybridized carbons (Fsp3) is 0.333. The molecule has 29 heavy (non-hydrogen) atoms. The van der Waals surface area contributed by atoms with Crippen LogP contribution in [0.15, 0.2) is 42.5 Å². The van der Waals surface area contributed by atoms with Crippen molar-refractivity contribution in [3.8, 4) is 0 Å². The van der Waals surface area contributed by atoms with Gasteiger partial charge in [-0.15, -0.1) is 12.4 Å². The molecule has 2 saturated heterocycles. The molecule has 1 unspecified atom stereocenters. The summed E-state index contributed by atoms with van der Waals surface area (Å²) in [6.45, 7) is 4.83. The second kappa shape index (κ2) is 8.80. The number of hydrogen-bond acceptors (Lipinski definition) is 3. The highest BCUT2D eigenvalue weighted by Gasteiger charge is 2.31. The summed E-state index contributed by atoms with van der Waals surface area (Å²) < 4.78 is 13.7. The zero-order chi connectivity index (χ0) is 19.7. The molecule has 0 aliphatic carbocycles. The second-order valence-electron chi connectivity index (χ2n) is 7.11. The predicted molar refractivity (Wildman–Crippen MR) is 112 cm³/mol. The molecular formula is C21H24ClFN4O2. The number of piperazine rings is 1. The van der Waals surface area contributed by atoms with Crippen LogP contribution in [0.2, 0.25) is 0 Å². The Bertz CT molecular complexity index is 923. The second-order valence-corrected chi connectivity index (χ2v) is 7.11. The normalized spacial score (nSPS) is 19.0. The lowest BCUT2D eigenvalue weighted by Crippen LogP contribution is -2.48. The van der Waals surface area contributed by atoms with Gasteiger partial charge in [-0.1, -0.05) is 18.2 Å². The van der Waals surface area contributed by atoms with Gasteiger partial charge in [0, 0.05) is 44.0 Å². The van der Waals surface area contributed by atoms with Crippen molar-refractivity contribution in [1.29, 1.82) is 0 Å². The maximum absolute atomic E-state index is 13.7. The van der Waals surface area contributed by atoms with Gasteiger partial charge in [0.2, 0.25) is 0 Å². The van der Waals surface area contributed by atoms with Gasteiger partial charge in [0.1, 0.15) is 5.82 Å². The van der Waals surface area contributed by atoms with Gasteiger partial charge in [-0.3, -0.25) is 9.69 Å². The van der Waals surface area contributed by atoms with E-state index in [0.717, 1.165) is 16.8 Å². The van der Waals surface area contributed by atoms with Crippen LogP contribution in [0, 0.1) is 12.7 Å². The Kier molecular flexibility index (Phi) is 6.39. The van der Waals surface area contributed by atoms with Crippen LogP contribution in [0.5, 0.6) is 0 Å². The Balaban J connectivity index is 0.00000240. The van der Waals surface area contributed by atoms with E-state index in [9.17, 15) is 14.0 Å². The fourth-order valence-electron chi connectivity index (χ4n) is 3.96. The largest absolute Gasteiger partial charge is 0.336 e. The SMILES string of the molecule is Cc1c(C(=O)N2CCNCC2c2cccc(F)c2)cccc1N1CCNC1=O.Cl. The Hall–Kier alpha value is -2.64. The number of anilines is 1. The van der Waals surface area contributed by atoms with E-state index < -0.39 is 0 Å². The van der Waals surface area contributed by atoms with Gasteiger partial charge in [0.25, 0.3) is 5.91 Å². The standard InChI is InChI=1S/C21H23FN4O2.ClH/c1-14-17(6-3-7-18(14)26-11-9-24-21(26)28)20(27)25-10-8-23-13-19(25)15-4-2-5-16(22)12-15;/h2-7,12,19,23H,8-11,13H2,1H3,(H,24,28);1H. The molecule has 1 atom stereocenters. The number of amides is 3. The lowest BCUT2D eigenvalue weighted by Gasteiger charge is -2.37. The summed E-state index contributed by atoms with van der Waals surface area (Å²) in [5.74, 6) is -0.414. The molecule has 154 valence electrons. The molecule has 2 aliphatic heterocycles. The summed E-state index contributed by atoms with van der Waals surface area (Å²) in [7, 11) is 0. The van der Waals surface area contributed by atoms with Gasteiger partial charge >= 0.3 is 6.03 Å². The summed E-state index contributed by atoms with van der Waals surface area (Å²) >= 11 is 0. The first-order valence-electron chi connectivity index (χ1n) is 9.48. The third-order valence-electron chi connectivity index (χ3n) is 5.42. The van der Waals surface area contributed by atoms with E-state index in [-0.39, 0.29) is 36.2 Å². The summed E-state index contributed by atoms with van der Waals surface area (Å²) in [6.07, 6.45) is 0. The number of nitrogens with zero attached hydrogens (tertiary/aromatic N) is 2. The Labute approximate surface area is 175 Å². The molecule has 2 aromatic carbocycles. The fourth-order valence-corrected chi connectivity index (χ4v) is 3.96. The molecule has 0 bridgehead atoms. The van der Waals surface area contributed by atoms with E-state index in [1.54, 1.807) is 28.0 Å². The van der Waals surface area contributed by atoms with E-state index >= 15 is 0 Å². The van der Waals surface area contributed by atoms with Gasteiger partial charge in [0.05, 0.1) is 6.04 Å². The Morgan fingerprint density at radius 3 is 2.66 bits per heavy atom. The van der Waals surface area contributed by atoms with Gasteiger partial charge < -0.3 is 15.5 Å². The molecule has 2 N–H and O–H groups in total. The number of urea groups is 1. The summed E-state index contributed by atoms with van der Waals surface area (Å²) in [5, 5.41) is 6.08. The van der Waals surface area contributed by atoms with Gasteiger partial charge in [-0.2, -0.15) is 0 Å². The van der Waals surface area contributed by atoms with Crippen molar-refractivity contribution in [2.45, 2.75) is 13.0 Å². The quantitative estimate of drug-likeness (QED) is 0.805. The van der Waals surface area contributed by atoms with Gasteiger partial charge in [-0.25, -0.2) is 9.18 Å². The first-order chi connectivity index (χ1) is 13.6. The Morgan fingerprint density at radius 2 is 1.93 bits per heavy atom. The van der Waals surface area contributed by atoms with Gasteiger partial charge in [0.15, 0.2) is 0 Å². The highest BCUT2D eigenvalue weighted by Crippen LogP contribution is 2.29. The van der Waals surface area contributed by atoms with Crippen molar-refractivity contribution in [2.24, 2.45) is 0 Å². The van der Waals surface area contributed by atoms with E-state index in [1.165, 1.54) is 12.1 Å². The first-order valence-corrected chi connectivity index (χ1v) is 9.48. The van der Waals surface area contributed by atoms with Crippen LogP contribution in [0.25, 0.3) is 0 Å². The summed E-state index contributed by atoms with van der Waals surface area (Å²) in [4.78, 5) is 28.9. The van der Waals surface area contributed by atoms with E-state index in [2.05, 4.69) is 10.6 Å². The molecule has 2 heterocycles. The molecule has 0 radical (unpaired) electrons. The highest BCUT2D eigenvalue weighted by molar-refractivity contribution is 6.00. The van der Waals surface area contributed by atoms with Crippen LogP contribution in [0.3, 0.4) is 0 Å². The predicted octanol–water partition coefficient (Wildman–Crippen LogP) is 2.87. The van der Waals surface area contributed by atoms with Crippen LogP contribution < -0.4 is 15.5 Å². The molecule has 6 nitrogen and oxygen atoms in total. The molecule has 3 amide bonds.